The number of hydrogen-bond donors (Lipinski definition) is 1. The first-order valence-electron chi connectivity index (χ1n) is 7.76. The maximum Gasteiger partial charge on any atom is 0.407 e. The van der Waals surface area contributed by atoms with Gasteiger partial charge < -0.3 is 14.8 Å². The van der Waals surface area contributed by atoms with Gasteiger partial charge in [-0.25, -0.2) is 4.79 Å². The van der Waals surface area contributed by atoms with Crippen LogP contribution in [-0.2, 0) is 16.1 Å². The molecule has 1 aromatic carbocycles. The maximum atomic E-state index is 11.7. The normalized spacial score (nSPS) is 19.8. The van der Waals surface area contributed by atoms with E-state index in [9.17, 15) is 4.79 Å². The molecule has 1 heterocycles. The van der Waals surface area contributed by atoms with Crippen molar-refractivity contribution in [1.82, 2.24) is 5.32 Å². The third kappa shape index (κ3) is 6.17. The van der Waals surface area contributed by atoms with E-state index in [-0.39, 0.29) is 6.09 Å². The average Bonchev–Trinajstić information content (AvgIpc) is 2.53. The van der Waals surface area contributed by atoms with Crippen LogP contribution in [0.1, 0.15) is 31.7 Å². The summed E-state index contributed by atoms with van der Waals surface area (Å²) in [7, 11) is 0. The second-order valence-electron chi connectivity index (χ2n) is 5.87. The number of carbonyl (C=O) groups is 1. The van der Waals surface area contributed by atoms with Gasteiger partial charge in [0.2, 0.25) is 0 Å². The van der Waals surface area contributed by atoms with Crippen molar-refractivity contribution in [3.63, 3.8) is 0 Å². The Bertz CT molecular complexity index is 415. The molecule has 21 heavy (non-hydrogen) atoms. The van der Waals surface area contributed by atoms with Crippen LogP contribution in [0.15, 0.2) is 30.3 Å². The van der Waals surface area contributed by atoms with Gasteiger partial charge in [0.25, 0.3) is 0 Å². The molecular weight excluding hydrogens is 266 g/mol. The second kappa shape index (κ2) is 8.67. The van der Waals surface area contributed by atoms with Crippen molar-refractivity contribution in [1.29, 1.82) is 0 Å². The van der Waals surface area contributed by atoms with Crippen molar-refractivity contribution in [2.45, 2.75) is 32.8 Å². The van der Waals surface area contributed by atoms with Crippen LogP contribution >= 0.6 is 0 Å². The molecule has 1 amide bonds. The molecule has 1 aliphatic rings. The molecule has 0 radical (unpaired) electrons. The fourth-order valence-corrected chi connectivity index (χ4v) is 2.68. The first-order chi connectivity index (χ1) is 10.2. The standard InChI is InChI=1S/C17H25NO3/c1-14(10-16-8-5-9-20-12-16)11-18-17(19)21-13-15-6-3-2-4-7-15/h2-4,6-7,14,16H,5,8-13H2,1H3,(H,18,19)/t14?,16-/m0/s1. The number of amides is 1. The highest BCUT2D eigenvalue weighted by atomic mass is 16.5. The molecule has 4 heteroatoms. The molecular formula is C17H25NO3. The molecule has 1 fully saturated rings. The molecule has 4 nitrogen and oxygen atoms in total. The van der Waals surface area contributed by atoms with E-state index in [4.69, 9.17) is 9.47 Å². The van der Waals surface area contributed by atoms with Gasteiger partial charge in [-0.2, -0.15) is 0 Å². The zero-order valence-electron chi connectivity index (χ0n) is 12.7. The monoisotopic (exact) mass is 291 g/mol. The number of carbonyl (C=O) groups excluding carboxylic acids is 1. The summed E-state index contributed by atoms with van der Waals surface area (Å²) in [5.74, 6) is 1.08. The molecule has 1 unspecified atom stereocenters. The lowest BCUT2D eigenvalue weighted by Gasteiger charge is -2.24. The number of hydrogen-bond acceptors (Lipinski definition) is 3. The molecule has 2 atom stereocenters. The van der Waals surface area contributed by atoms with E-state index in [0.29, 0.717) is 25.0 Å². The molecule has 1 N–H and O–H groups in total. The Morgan fingerprint density at radius 1 is 1.43 bits per heavy atom. The Hall–Kier alpha value is -1.55. The van der Waals surface area contributed by atoms with Crippen LogP contribution in [0.2, 0.25) is 0 Å². The molecule has 1 aliphatic heterocycles. The molecule has 2 rings (SSSR count). The number of rotatable bonds is 6. The van der Waals surface area contributed by atoms with Gasteiger partial charge in [-0.3, -0.25) is 0 Å². The van der Waals surface area contributed by atoms with Crippen LogP contribution in [0.3, 0.4) is 0 Å². The van der Waals surface area contributed by atoms with Crippen LogP contribution in [0.25, 0.3) is 0 Å². The van der Waals surface area contributed by atoms with E-state index >= 15 is 0 Å². The molecule has 1 aromatic rings. The van der Waals surface area contributed by atoms with Crippen LogP contribution in [0, 0.1) is 11.8 Å². The zero-order chi connectivity index (χ0) is 14.9. The fourth-order valence-electron chi connectivity index (χ4n) is 2.68. The van der Waals surface area contributed by atoms with E-state index in [2.05, 4.69) is 12.2 Å². The summed E-state index contributed by atoms with van der Waals surface area (Å²) in [5.41, 5.74) is 1.00. The first-order valence-corrected chi connectivity index (χ1v) is 7.76. The van der Waals surface area contributed by atoms with Crippen LogP contribution < -0.4 is 5.32 Å². The molecule has 116 valence electrons. The lowest BCUT2D eigenvalue weighted by molar-refractivity contribution is 0.0459. The topological polar surface area (TPSA) is 47.6 Å². The Kier molecular flexibility index (Phi) is 6.54. The minimum atomic E-state index is -0.342. The van der Waals surface area contributed by atoms with Gasteiger partial charge in [0.15, 0.2) is 0 Å². The number of ether oxygens (including phenoxy) is 2. The third-order valence-corrected chi connectivity index (χ3v) is 3.80. The van der Waals surface area contributed by atoms with Crippen LogP contribution in [0.5, 0.6) is 0 Å². The maximum absolute atomic E-state index is 11.7. The first kappa shape index (κ1) is 15.8. The molecule has 0 spiro atoms. The molecule has 0 aromatic heterocycles. The van der Waals surface area contributed by atoms with E-state index in [1.54, 1.807) is 0 Å². The smallest absolute Gasteiger partial charge is 0.407 e. The highest BCUT2D eigenvalue weighted by molar-refractivity contribution is 5.67. The van der Waals surface area contributed by atoms with Gasteiger partial charge in [0.1, 0.15) is 6.61 Å². The minimum absolute atomic E-state index is 0.317. The van der Waals surface area contributed by atoms with E-state index < -0.39 is 0 Å². The van der Waals surface area contributed by atoms with E-state index in [0.717, 1.165) is 31.6 Å². The summed E-state index contributed by atoms with van der Waals surface area (Å²) in [6.45, 7) is 4.89. The van der Waals surface area contributed by atoms with E-state index in [1.165, 1.54) is 6.42 Å². The van der Waals surface area contributed by atoms with Crippen molar-refractivity contribution >= 4 is 6.09 Å². The van der Waals surface area contributed by atoms with Gasteiger partial charge >= 0.3 is 6.09 Å². The number of nitrogens with one attached hydrogen (secondary N) is 1. The second-order valence-corrected chi connectivity index (χ2v) is 5.87. The Morgan fingerprint density at radius 2 is 2.24 bits per heavy atom. The highest BCUT2D eigenvalue weighted by Gasteiger charge is 2.17. The van der Waals surface area contributed by atoms with Gasteiger partial charge in [-0.15, -0.1) is 0 Å². The van der Waals surface area contributed by atoms with Gasteiger partial charge in [0.05, 0.1) is 0 Å². The predicted octanol–water partition coefficient (Wildman–Crippen LogP) is 3.37. The Morgan fingerprint density at radius 3 is 2.95 bits per heavy atom. The molecule has 0 aliphatic carbocycles. The van der Waals surface area contributed by atoms with Crippen molar-refractivity contribution in [2.24, 2.45) is 11.8 Å². The predicted molar refractivity (Wildman–Crippen MR) is 82.0 cm³/mol. The number of alkyl carbamates (subject to hydrolysis) is 1. The summed E-state index contributed by atoms with van der Waals surface area (Å²) in [4.78, 5) is 11.7. The Balaban J connectivity index is 1.59. The summed E-state index contributed by atoms with van der Waals surface area (Å²) >= 11 is 0. The lowest BCUT2D eigenvalue weighted by Crippen LogP contribution is -2.30. The van der Waals surface area contributed by atoms with E-state index in [1.807, 2.05) is 30.3 Å². The number of benzene rings is 1. The largest absolute Gasteiger partial charge is 0.445 e. The van der Waals surface area contributed by atoms with Crippen LogP contribution in [0.4, 0.5) is 4.79 Å². The van der Waals surface area contributed by atoms with Crippen molar-refractivity contribution in [3.8, 4) is 0 Å². The fraction of sp³-hybridized carbons (Fsp3) is 0.588. The molecule has 1 saturated heterocycles. The van der Waals surface area contributed by atoms with Crippen LogP contribution in [-0.4, -0.2) is 25.9 Å². The van der Waals surface area contributed by atoms with Crippen molar-refractivity contribution in [3.05, 3.63) is 35.9 Å². The SMILES string of the molecule is CC(CNC(=O)OCc1ccccc1)C[C@@H]1CCCOC1. The summed E-state index contributed by atoms with van der Waals surface area (Å²) in [5, 5.41) is 2.84. The van der Waals surface area contributed by atoms with Crippen molar-refractivity contribution < 1.29 is 14.3 Å². The minimum Gasteiger partial charge on any atom is -0.445 e. The third-order valence-electron chi connectivity index (χ3n) is 3.80. The quantitative estimate of drug-likeness (QED) is 0.874. The van der Waals surface area contributed by atoms with Gasteiger partial charge in [0, 0.05) is 19.8 Å². The molecule has 0 bridgehead atoms. The molecule has 0 saturated carbocycles. The lowest BCUT2D eigenvalue weighted by atomic mass is 9.91. The summed E-state index contributed by atoms with van der Waals surface area (Å²) < 4.78 is 10.7. The van der Waals surface area contributed by atoms with Gasteiger partial charge in [-0.1, -0.05) is 37.3 Å². The zero-order valence-corrected chi connectivity index (χ0v) is 12.7. The Labute approximate surface area is 126 Å². The summed E-state index contributed by atoms with van der Waals surface area (Å²) in [6.07, 6.45) is 3.15. The highest BCUT2D eigenvalue weighted by Crippen LogP contribution is 2.21. The average molecular weight is 291 g/mol. The summed E-state index contributed by atoms with van der Waals surface area (Å²) in [6, 6.07) is 9.70. The van der Waals surface area contributed by atoms with Gasteiger partial charge in [-0.05, 0) is 36.7 Å². The van der Waals surface area contributed by atoms with Crippen molar-refractivity contribution in [2.75, 3.05) is 19.8 Å².